The summed E-state index contributed by atoms with van der Waals surface area (Å²) in [7, 11) is -0.790. The summed E-state index contributed by atoms with van der Waals surface area (Å²) in [6.07, 6.45) is 1.97. The Morgan fingerprint density at radius 3 is 2.69 bits per heavy atom. The smallest absolute Gasteiger partial charge is 0.241 e. The Morgan fingerprint density at radius 1 is 1.44 bits per heavy atom. The topological polar surface area (TPSA) is 49.4 Å². The SMILES string of the molecule is CCCC1NC(C)N(CCS(=O)CC)C1=O. The fraction of sp³-hybridized carbons (Fsp3) is 0.909. The zero-order valence-electron chi connectivity index (χ0n) is 10.4. The van der Waals surface area contributed by atoms with E-state index in [2.05, 4.69) is 12.2 Å². The number of carbonyl (C=O) groups excluding carboxylic acids is 1. The molecule has 1 fully saturated rings. The number of carbonyl (C=O) groups is 1. The summed E-state index contributed by atoms with van der Waals surface area (Å²) in [5, 5.41) is 3.27. The van der Waals surface area contributed by atoms with Gasteiger partial charge in [-0.2, -0.15) is 0 Å². The molecule has 0 aliphatic carbocycles. The van der Waals surface area contributed by atoms with E-state index in [4.69, 9.17) is 0 Å². The van der Waals surface area contributed by atoms with Gasteiger partial charge in [-0.15, -0.1) is 0 Å². The van der Waals surface area contributed by atoms with Crippen molar-refractivity contribution in [3.05, 3.63) is 0 Å². The van der Waals surface area contributed by atoms with Crippen molar-refractivity contribution < 1.29 is 9.00 Å². The van der Waals surface area contributed by atoms with Crippen LogP contribution in [0.5, 0.6) is 0 Å². The fourth-order valence-corrected chi connectivity index (χ4v) is 2.68. The van der Waals surface area contributed by atoms with E-state index >= 15 is 0 Å². The summed E-state index contributed by atoms with van der Waals surface area (Å²) in [6, 6.07) is -0.0324. The van der Waals surface area contributed by atoms with Crippen molar-refractivity contribution in [3.8, 4) is 0 Å². The standard InChI is InChI=1S/C11H22N2O2S/c1-4-6-10-11(14)13(9(3)12-10)7-8-16(15)5-2/h9-10,12H,4-8H2,1-3H3. The Balaban J connectivity index is 2.47. The highest BCUT2D eigenvalue weighted by Gasteiger charge is 2.35. The van der Waals surface area contributed by atoms with Gasteiger partial charge < -0.3 is 4.90 Å². The third-order valence-corrected chi connectivity index (χ3v) is 4.23. The highest BCUT2D eigenvalue weighted by molar-refractivity contribution is 7.84. The van der Waals surface area contributed by atoms with Gasteiger partial charge in [-0.25, -0.2) is 0 Å². The molecule has 1 rings (SSSR count). The Morgan fingerprint density at radius 2 is 2.12 bits per heavy atom. The molecule has 0 saturated carbocycles. The highest BCUT2D eigenvalue weighted by Crippen LogP contribution is 2.13. The second-order valence-corrected chi connectivity index (χ2v) is 6.01. The van der Waals surface area contributed by atoms with E-state index in [1.807, 2.05) is 18.7 Å². The van der Waals surface area contributed by atoms with Crippen molar-refractivity contribution in [1.82, 2.24) is 10.2 Å². The molecule has 1 heterocycles. The van der Waals surface area contributed by atoms with Crippen LogP contribution in [0.25, 0.3) is 0 Å². The van der Waals surface area contributed by atoms with E-state index < -0.39 is 10.8 Å². The first-order valence-electron chi connectivity index (χ1n) is 6.01. The Hall–Kier alpha value is -0.420. The molecule has 1 amide bonds. The average molecular weight is 246 g/mol. The van der Waals surface area contributed by atoms with Crippen LogP contribution in [0, 0.1) is 0 Å². The third-order valence-electron chi connectivity index (χ3n) is 2.95. The van der Waals surface area contributed by atoms with Gasteiger partial charge in [-0.05, 0) is 13.3 Å². The molecule has 94 valence electrons. The fourth-order valence-electron chi connectivity index (χ4n) is 1.99. The number of nitrogens with zero attached hydrogens (tertiary/aromatic N) is 1. The lowest BCUT2D eigenvalue weighted by Gasteiger charge is -2.20. The maximum atomic E-state index is 12.0. The molecular weight excluding hydrogens is 224 g/mol. The number of amides is 1. The van der Waals surface area contributed by atoms with Gasteiger partial charge in [0.1, 0.15) is 0 Å². The minimum atomic E-state index is -0.790. The molecule has 0 aromatic rings. The molecule has 5 heteroatoms. The number of nitrogens with one attached hydrogen (secondary N) is 1. The first-order chi connectivity index (χ1) is 7.60. The third kappa shape index (κ3) is 3.28. The molecule has 0 spiro atoms. The van der Waals surface area contributed by atoms with Gasteiger partial charge in [0.05, 0.1) is 12.2 Å². The zero-order valence-corrected chi connectivity index (χ0v) is 11.2. The molecule has 3 atom stereocenters. The van der Waals surface area contributed by atoms with Gasteiger partial charge in [-0.1, -0.05) is 20.3 Å². The van der Waals surface area contributed by atoms with Gasteiger partial charge >= 0.3 is 0 Å². The molecule has 16 heavy (non-hydrogen) atoms. The summed E-state index contributed by atoms with van der Waals surface area (Å²) in [6.45, 7) is 6.58. The van der Waals surface area contributed by atoms with E-state index in [0.29, 0.717) is 18.1 Å². The maximum Gasteiger partial charge on any atom is 0.241 e. The largest absolute Gasteiger partial charge is 0.325 e. The maximum absolute atomic E-state index is 12.0. The monoisotopic (exact) mass is 246 g/mol. The van der Waals surface area contributed by atoms with E-state index in [9.17, 15) is 9.00 Å². The molecule has 0 radical (unpaired) electrons. The van der Waals surface area contributed by atoms with E-state index in [1.165, 1.54) is 0 Å². The van der Waals surface area contributed by atoms with Gasteiger partial charge in [-0.3, -0.25) is 14.3 Å². The summed E-state index contributed by atoms with van der Waals surface area (Å²) >= 11 is 0. The molecule has 1 aliphatic heterocycles. The minimum absolute atomic E-state index is 0.0324. The van der Waals surface area contributed by atoms with Crippen LogP contribution >= 0.6 is 0 Å². The van der Waals surface area contributed by atoms with Crippen LogP contribution in [0.1, 0.15) is 33.6 Å². The molecule has 1 aliphatic rings. The van der Waals surface area contributed by atoms with E-state index in [1.54, 1.807) is 0 Å². The summed E-state index contributed by atoms with van der Waals surface area (Å²) in [4.78, 5) is 13.8. The molecule has 0 aromatic carbocycles. The predicted molar refractivity (Wildman–Crippen MR) is 66.6 cm³/mol. The van der Waals surface area contributed by atoms with E-state index in [-0.39, 0.29) is 18.1 Å². The summed E-state index contributed by atoms with van der Waals surface area (Å²) in [5.74, 6) is 1.43. The molecule has 0 aromatic heterocycles. The van der Waals surface area contributed by atoms with Crippen molar-refractivity contribution >= 4 is 16.7 Å². The molecule has 4 nitrogen and oxygen atoms in total. The second-order valence-electron chi connectivity index (χ2n) is 4.15. The van der Waals surface area contributed by atoms with Crippen molar-refractivity contribution in [3.63, 3.8) is 0 Å². The van der Waals surface area contributed by atoms with Crippen LogP contribution < -0.4 is 5.32 Å². The van der Waals surface area contributed by atoms with Crippen molar-refractivity contribution in [2.45, 2.75) is 45.8 Å². The second kappa shape index (κ2) is 6.35. The Bertz CT molecular complexity index is 271. The van der Waals surface area contributed by atoms with Crippen molar-refractivity contribution in [1.29, 1.82) is 0 Å². The van der Waals surface area contributed by atoms with Gasteiger partial charge in [0.25, 0.3) is 0 Å². The zero-order chi connectivity index (χ0) is 12.1. The van der Waals surface area contributed by atoms with Crippen LogP contribution in [0.2, 0.25) is 0 Å². The Labute approximate surface area is 100 Å². The first-order valence-corrected chi connectivity index (χ1v) is 7.50. The molecule has 1 N–H and O–H groups in total. The van der Waals surface area contributed by atoms with Crippen LogP contribution in [-0.4, -0.2) is 45.3 Å². The quantitative estimate of drug-likeness (QED) is 0.750. The predicted octanol–water partition coefficient (Wildman–Crippen LogP) is 0.702. The summed E-state index contributed by atoms with van der Waals surface area (Å²) in [5.41, 5.74) is 0. The minimum Gasteiger partial charge on any atom is -0.325 e. The molecule has 0 bridgehead atoms. The summed E-state index contributed by atoms with van der Waals surface area (Å²) < 4.78 is 11.3. The van der Waals surface area contributed by atoms with Crippen LogP contribution in [-0.2, 0) is 15.6 Å². The number of rotatable bonds is 6. The number of hydrogen-bond acceptors (Lipinski definition) is 3. The van der Waals surface area contributed by atoms with Gasteiger partial charge in [0, 0.05) is 28.9 Å². The number of hydrogen-bond donors (Lipinski definition) is 1. The lowest BCUT2D eigenvalue weighted by atomic mass is 10.2. The molecule has 3 unspecified atom stereocenters. The highest BCUT2D eigenvalue weighted by atomic mass is 32.2. The van der Waals surface area contributed by atoms with Crippen LogP contribution in [0.3, 0.4) is 0 Å². The molecular formula is C11H22N2O2S. The lowest BCUT2D eigenvalue weighted by Crippen LogP contribution is -2.37. The average Bonchev–Trinajstić information content (AvgIpc) is 2.52. The van der Waals surface area contributed by atoms with Crippen molar-refractivity contribution in [2.75, 3.05) is 18.1 Å². The Kier molecular flexibility index (Phi) is 5.41. The first kappa shape index (κ1) is 13.6. The van der Waals surface area contributed by atoms with E-state index in [0.717, 1.165) is 12.8 Å². The van der Waals surface area contributed by atoms with Crippen LogP contribution in [0.15, 0.2) is 0 Å². The van der Waals surface area contributed by atoms with Crippen molar-refractivity contribution in [2.24, 2.45) is 0 Å². The normalized spacial score (nSPS) is 27.4. The van der Waals surface area contributed by atoms with Gasteiger partial charge in [0.15, 0.2) is 0 Å². The lowest BCUT2D eigenvalue weighted by molar-refractivity contribution is -0.129. The molecule has 1 saturated heterocycles. The van der Waals surface area contributed by atoms with Crippen LogP contribution in [0.4, 0.5) is 0 Å². The van der Waals surface area contributed by atoms with Gasteiger partial charge in [0.2, 0.25) is 5.91 Å².